The van der Waals surface area contributed by atoms with Crippen LogP contribution in [0.15, 0.2) is 48.5 Å². The van der Waals surface area contributed by atoms with Crippen LogP contribution in [0.1, 0.15) is 24.2 Å². The zero-order valence-corrected chi connectivity index (χ0v) is 20.3. The summed E-state index contributed by atoms with van der Waals surface area (Å²) in [7, 11) is 0. The monoisotopic (exact) mass is 519 g/mol. The van der Waals surface area contributed by atoms with Gasteiger partial charge in [-0.05, 0) is 54.4 Å². The molecule has 0 spiro atoms. The molecule has 1 saturated heterocycles. The van der Waals surface area contributed by atoms with E-state index in [1.54, 1.807) is 48.5 Å². The summed E-state index contributed by atoms with van der Waals surface area (Å²) in [6, 6.07) is 13.9. The Hall–Kier alpha value is -3.82. The minimum Gasteiger partial charge on any atom is -0.493 e. The fourth-order valence-electron chi connectivity index (χ4n) is 3.98. The van der Waals surface area contributed by atoms with Gasteiger partial charge < -0.3 is 19.9 Å². The normalized spacial score (nSPS) is 13.7. The van der Waals surface area contributed by atoms with Gasteiger partial charge in [0.1, 0.15) is 11.4 Å². The lowest BCUT2D eigenvalue weighted by molar-refractivity contribution is 0.102. The third-order valence-corrected chi connectivity index (χ3v) is 5.97. The lowest BCUT2D eigenvalue weighted by Crippen LogP contribution is -2.47. The number of hydrogen-bond acceptors (Lipinski definition) is 4. The number of halogens is 5. The zero-order valence-electron chi connectivity index (χ0n) is 20.3. The molecule has 3 aromatic carbocycles. The lowest BCUT2D eigenvalue weighted by atomic mass is 10.1. The molecule has 0 aliphatic carbocycles. The van der Waals surface area contributed by atoms with Gasteiger partial charge in [0.05, 0.1) is 6.61 Å². The van der Waals surface area contributed by atoms with Gasteiger partial charge in [-0.1, -0.05) is 13.8 Å². The molecule has 37 heavy (non-hydrogen) atoms. The van der Waals surface area contributed by atoms with Gasteiger partial charge in [-0.2, -0.15) is 0 Å². The number of amides is 1. The van der Waals surface area contributed by atoms with E-state index in [9.17, 15) is 26.7 Å². The van der Waals surface area contributed by atoms with Gasteiger partial charge in [0.25, 0.3) is 5.91 Å². The first-order valence-corrected chi connectivity index (χ1v) is 11.8. The van der Waals surface area contributed by atoms with Gasteiger partial charge in [-0.15, -0.1) is 0 Å². The van der Waals surface area contributed by atoms with Crippen molar-refractivity contribution in [1.29, 1.82) is 0 Å². The number of nitrogens with one attached hydrogen (secondary N) is 1. The van der Waals surface area contributed by atoms with E-state index in [0.29, 0.717) is 42.6 Å². The quantitative estimate of drug-likeness (QED) is 0.237. The molecule has 5 nitrogen and oxygen atoms in total. The third kappa shape index (κ3) is 5.79. The van der Waals surface area contributed by atoms with Crippen molar-refractivity contribution in [2.45, 2.75) is 13.8 Å². The number of carbonyl (C=O) groups excluding carboxylic acids is 1. The van der Waals surface area contributed by atoms with Crippen molar-refractivity contribution in [3.05, 3.63) is 83.2 Å². The van der Waals surface area contributed by atoms with Crippen molar-refractivity contribution >= 4 is 23.0 Å². The highest BCUT2D eigenvalue weighted by Crippen LogP contribution is 2.31. The fraction of sp³-hybridized carbons (Fsp3) is 0.296. The summed E-state index contributed by atoms with van der Waals surface area (Å²) in [5.41, 5.74) is 0.939. The van der Waals surface area contributed by atoms with Crippen LogP contribution in [0, 0.1) is 35.0 Å². The van der Waals surface area contributed by atoms with Crippen LogP contribution in [0.4, 0.5) is 39.0 Å². The second-order valence-corrected chi connectivity index (χ2v) is 9.12. The molecule has 1 aliphatic heterocycles. The number of carbonyl (C=O) groups is 1. The van der Waals surface area contributed by atoms with Crippen LogP contribution in [0.5, 0.6) is 5.75 Å². The van der Waals surface area contributed by atoms with Crippen molar-refractivity contribution in [2.24, 2.45) is 5.92 Å². The third-order valence-electron chi connectivity index (χ3n) is 5.97. The predicted octanol–water partition coefficient (Wildman–Crippen LogP) is 6.00. The molecule has 1 aliphatic rings. The van der Waals surface area contributed by atoms with Gasteiger partial charge >= 0.3 is 0 Å². The van der Waals surface area contributed by atoms with Crippen LogP contribution < -0.4 is 19.9 Å². The first-order valence-electron chi connectivity index (χ1n) is 11.8. The molecule has 0 saturated carbocycles. The second kappa shape index (κ2) is 11.1. The van der Waals surface area contributed by atoms with E-state index in [1.807, 2.05) is 18.7 Å². The molecular weight excluding hydrogens is 493 g/mol. The van der Waals surface area contributed by atoms with Gasteiger partial charge in [-0.3, -0.25) is 4.79 Å². The first kappa shape index (κ1) is 26.2. The average Bonchev–Trinajstić information content (AvgIpc) is 2.91. The van der Waals surface area contributed by atoms with Crippen molar-refractivity contribution in [3.8, 4) is 5.75 Å². The van der Waals surface area contributed by atoms with Crippen molar-refractivity contribution in [1.82, 2.24) is 0 Å². The first-order chi connectivity index (χ1) is 17.7. The predicted molar refractivity (Wildman–Crippen MR) is 132 cm³/mol. The largest absolute Gasteiger partial charge is 0.493 e. The zero-order chi connectivity index (χ0) is 26.7. The number of nitrogens with zero attached hydrogens (tertiary/aromatic N) is 2. The highest BCUT2D eigenvalue weighted by Gasteiger charge is 2.30. The second-order valence-electron chi connectivity index (χ2n) is 9.12. The van der Waals surface area contributed by atoms with Gasteiger partial charge in [0.15, 0.2) is 23.3 Å². The minimum absolute atomic E-state index is 0.0632. The van der Waals surface area contributed by atoms with E-state index in [0.717, 1.165) is 10.6 Å². The van der Waals surface area contributed by atoms with Crippen LogP contribution in [-0.2, 0) is 0 Å². The Labute approximate surface area is 211 Å². The summed E-state index contributed by atoms with van der Waals surface area (Å²) in [6.45, 7) is 5.42. The van der Waals surface area contributed by atoms with Crippen LogP contribution in [-0.4, -0.2) is 38.7 Å². The molecule has 1 heterocycles. The number of piperazine rings is 1. The molecular formula is C27H26F5N3O2. The van der Waals surface area contributed by atoms with E-state index >= 15 is 0 Å². The Morgan fingerprint density at radius 1 is 0.784 bits per heavy atom. The van der Waals surface area contributed by atoms with Gasteiger partial charge in [-0.25, -0.2) is 22.0 Å². The molecule has 196 valence electrons. The molecule has 0 unspecified atom stereocenters. The Morgan fingerprint density at radius 3 is 1.84 bits per heavy atom. The Morgan fingerprint density at radius 2 is 1.30 bits per heavy atom. The maximum atomic E-state index is 14.1. The molecule has 1 N–H and O–H groups in total. The average molecular weight is 520 g/mol. The van der Waals surface area contributed by atoms with E-state index in [2.05, 4.69) is 5.32 Å². The number of rotatable bonds is 7. The molecule has 10 heteroatoms. The van der Waals surface area contributed by atoms with Crippen molar-refractivity contribution < 1.29 is 31.5 Å². The summed E-state index contributed by atoms with van der Waals surface area (Å²) >= 11 is 0. The van der Waals surface area contributed by atoms with Crippen molar-refractivity contribution in [3.63, 3.8) is 0 Å². The smallest absolute Gasteiger partial charge is 0.255 e. The van der Waals surface area contributed by atoms with E-state index < -0.39 is 34.8 Å². The molecule has 1 amide bonds. The SMILES string of the molecule is CC(C)COc1ccc(C(=O)Nc2ccc(N3CCN(c4c(F)c(F)c(F)c(F)c4F)CC3)cc2)cc1. The topological polar surface area (TPSA) is 44.8 Å². The van der Waals surface area contributed by atoms with Crippen LogP contribution in [0.3, 0.4) is 0 Å². The number of anilines is 3. The highest BCUT2D eigenvalue weighted by molar-refractivity contribution is 6.04. The summed E-state index contributed by atoms with van der Waals surface area (Å²) in [6.07, 6.45) is 0. The highest BCUT2D eigenvalue weighted by atomic mass is 19.2. The molecule has 0 aromatic heterocycles. The molecule has 4 rings (SSSR count). The Balaban J connectivity index is 1.35. The Kier molecular flexibility index (Phi) is 7.85. The van der Waals surface area contributed by atoms with E-state index in [-0.39, 0.29) is 19.0 Å². The van der Waals surface area contributed by atoms with Crippen LogP contribution in [0.2, 0.25) is 0 Å². The Bertz CT molecular complexity index is 1230. The maximum absolute atomic E-state index is 14.1. The fourth-order valence-corrected chi connectivity index (χ4v) is 3.98. The van der Waals surface area contributed by atoms with Crippen LogP contribution >= 0.6 is 0 Å². The summed E-state index contributed by atoms with van der Waals surface area (Å²) in [5, 5.41) is 2.82. The summed E-state index contributed by atoms with van der Waals surface area (Å²) in [5.74, 6) is -8.93. The summed E-state index contributed by atoms with van der Waals surface area (Å²) < 4.78 is 74.4. The number of ether oxygens (including phenoxy) is 1. The molecule has 1 fully saturated rings. The van der Waals surface area contributed by atoms with Crippen molar-refractivity contribution in [2.75, 3.05) is 47.9 Å². The summed E-state index contributed by atoms with van der Waals surface area (Å²) in [4.78, 5) is 15.6. The number of benzene rings is 3. The van der Waals surface area contributed by atoms with E-state index in [1.165, 1.54) is 0 Å². The van der Waals surface area contributed by atoms with Gasteiger partial charge in [0, 0.05) is 43.1 Å². The lowest BCUT2D eigenvalue weighted by Gasteiger charge is -2.37. The van der Waals surface area contributed by atoms with Crippen LogP contribution in [0.25, 0.3) is 0 Å². The molecule has 3 aromatic rings. The number of hydrogen-bond donors (Lipinski definition) is 1. The molecule has 0 radical (unpaired) electrons. The minimum atomic E-state index is -2.17. The van der Waals surface area contributed by atoms with E-state index in [4.69, 9.17) is 4.74 Å². The maximum Gasteiger partial charge on any atom is 0.255 e. The van der Waals surface area contributed by atoms with Gasteiger partial charge in [0.2, 0.25) is 5.82 Å². The standard InChI is InChI=1S/C27H26F5N3O2/c1-16(2)15-37-20-9-3-17(4-10-20)27(36)33-18-5-7-19(8-6-18)34-11-13-35(14-12-34)26-24(31)22(29)21(28)23(30)25(26)32/h3-10,16H,11-15H2,1-2H3,(H,33,36). The molecule has 0 bridgehead atoms. The molecule has 0 atom stereocenters.